The maximum absolute atomic E-state index is 12.5. The summed E-state index contributed by atoms with van der Waals surface area (Å²) in [6, 6.07) is 0.0814. The average molecular weight is 376 g/mol. The highest BCUT2D eigenvalue weighted by Gasteiger charge is 2.33. The molecule has 3 rings (SSSR count). The molecule has 1 aliphatic carbocycles. The normalized spacial score (nSPS) is 18.2. The quantitative estimate of drug-likeness (QED) is 0.740. The van der Waals surface area contributed by atoms with Gasteiger partial charge in [-0.25, -0.2) is 9.59 Å². The molecule has 0 bridgehead atoms. The van der Waals surface area contributed by atoms with Gasteiger partial charge in [0, 0.05) is 31.7 Å². The number of nitrogens with zero attached hydrogens (tertiary/aromatic N) is 2. The smallest absolute Gasteiger partial charge is 0.410 e. The summed E-state index contributed by atoms with van der Waals surface area (Å²) in [4.78, 5) is 38.7. The van der Waals surface area contributed by atoms with Crippen LogP contribution in [0.5, 0.6) is 0 Å². The molecule has 7 heteroatoms. The second-order valence-electron chi connectivity index (χ2n) is 8.24. The number of rotatable bonds is 2. The summed E-state index contributed by atoms with van der Waals surface area (Å²) in [5, 5.41) is 0. The summed E-state index contributed by atoms with van der Waals surface area (Å²) in [5.41, 5.74) is 1.44. The largest absolute Gasteiger partial charge is 0.465 e. The third kappa shape index (κ3) is 4.01. The van der Waals surface area contributed by atoms with Crippen LogP contribution >= 0.6 is 0 Å². The van der Waals surface area contributed by atoms with Crippen LogP contribution in [0.4, 0.5) is 4.79 Å². The average Bonchev–Trinajstić information content (AvgIpc) is 3.01. The van der Waals surface area contributed by atoms with Crippen molar-refractivity contribution in [3.8, 4) is 0 Å². The minimum atomic E-state index is -0.519. The zero-order valence-electron chi connectivity index (χ0n) is 16.5. The van der Waals surface area contributed by atoms with Crippen molar-refractivity contribution in [3.63, 3.8) is 0 Å². The Morgan fingerprint density at radius 3 is 2.41 bits per heavy atom. The highest BCUT2D eigenvalue weighted by molar-refractivity contribution is 6.02. The molecule has 0 radical (unpaired) electrons. The molecule has 0 aromatic carbocycles. The van der Waals surface area contributed by atoms with E-state index in [-0.39, 0.29) is 17.9 Å². The number of ketones is 1. The van der Waals surface area contributed by atoms with Crippen molar-refractivity contribution in [3.05, 3.63) is 23.0 Å². The maximum Gasteiger partial charge on any atom is 0.410 e. The van der Waals surface area contributed by atoms with Gasteiger partial charge in [-0.05, 0) is 52.0 Å². The van der Waals surface area contributed by atoms with E-state index in [0.717, 1.165) is 18.4 Å². The molecule has 1 aromatic rings. The maximum atomic E-state index is 12.5. The molecular weight excluding hydrogens is 348 g/mol. The van der Waals surface area contributed by atoms with E-state index in [1.807, 2.05) is 25.3 Å². The number of ether oxygens (including phenoxy) is 2. The third-order valence-corrected chi connectivity index (χ3v) is 5.15. The van der Waals surface area contributed by atoms with Crippen LogP contribution in [0.25, 0.3) is 0 Å². The van der Waals surface area contributed by atoms with Gasteiger partial charge < -0.3 is 18.9 Å². The van der Waals surface area contributed by atoms with Crippen molar-refractivity contribution in [1.29, 1.82) is 0 Å². The first kappa shape index (κ1) is 19.5. The van der Waals surface area contributed by atoms with E-state index in [1.165, 1.54) is 7.11 Å². The van der Waals surface area contributed by atoms with Crippen LogP contribution < -0.4 is 0 Å². The highest BCUT2D eigenvalue weighted by atomic mass is 16.6. The van der Waals surface area contributed by atoms with Crippen LogP contribution in [0.15, 0.2) is 6.20 Å². The lowest BCUT2D eigenvalue weighted by molar-refractivity contribution is 0.0187. The number of carbonyl (C=O) groups is 3. The molecule has 1 saturated heterocycles. The van der Waals surface area contributed by atoms with Gasteiger partial charge in [-0.3, -0.25) is 4.79 Å². The van der Waals surface area contributed by atoms with Gasteiger partial charge in [-0.15, -0.1) is 0 Å². The Kier molecular flexibility index (Phi) is 5.31. The number of hydrogen-bond acceptors (Lipinski definition) is 5. The lowest BCUT2D eigenvalue weighted by Crippen LogP contribution is -2.42. The first-order chi connectivity index (χ1) is 12.7. The Balaban J connectivity index is 1.78. The molecule has 0 unspecified atom stereocenters. The van der Waals surface area contributed by atoms with Gasteiger partial charge in [0.2, 0.25) is 0 Å². The second kappa shape index (κ2) is 7.37. The molecule has 1 fully saturated rings. The summed E-state index contributed by atoms with van der Waals surface area (Å²) in [7, 11) is 1.36. The summed E-state index contributed by atoms with van der Waals surface area (Å²) in [6.07, 6.45) is 4.89. The van der Waals surface area contributed by atoms with E-state index in [2.05, 4.69) is 0 Å². The van der Waals surface area contributed by atoms with Crippen LogP contribution in [-0.4, -0.2) is 53.1 Å². The lowest BCUT2D eigenvalue weighted by atomic mass is 9.93. The molecule has 27 heavy (non-hydrogen) atoms. The van der Waals surface area contributed by atoms with Crippen molar-refractivity contribution in [2.75, 3.05) is 20.2 Å². The molecule has 0 saturated carbocycles. The third-order valence-electron chi connectivity index (χ3n) is 5.15. The van der Waals surface area contributed by atoms with Gasteiger partial charge in [-0.1, -0.05) is 0 Å². The number of methoxy groups -OCH3 is 1. The van der Waals surface area contributed by atoms with E-state index in [0.29, 0.717) is 43.6 Å². The minimum absolute atomic E-state index is 0.0814. The molecule has 1 aromatic heterocycles. The van der Waals surface area contributed by atoms with Gasteiger partial charge in [0.15, 0.2) is 5.78 Å². The van der Waals surface area contributed by atoms with Crippen LogP contribution in [0, 0.1) is 0 Å². The number of fused-ring (bicyclic) bond motifs is 1. The summed E-state index contributed by atoms with van der Waals surface area (Å²) in [5.74, 6) is -0.313. The summed E-state index contributed by atoms with van der Waals surface area (Å²) in [6.45, 7) is 6.68. The molecule has 0 atom stereocenters. The first-order valence-electron chi connectivity index (χ1n) is 9.54. The molecular formula is C20H28N2O5. The SMILES string of the molecule is COC(=O)c1cn(C2CCN(C(=O)OC(C)(C)C)CC2)c2c1CCCC2=O. The van der Waals surface area contributed by atoms with E-state index >= 15 is 0 Å². The fraction of sp³-hybridized carbons (Fsp3) is 0.650. The number of hydrogen-bond donors (Lipinski definition) is 0. The van der Waals surface area contributed by atoms with Gasteiger partial charge in [-0.2, -0.15) is 0 Å². The highest BCUT2D eigenvalue weighted by Crippen LogP contribution is 2.33. The molecule has 148 valence electrons. The van der Waals surface area contributed by atoms with E-state index in [4.69, 9.17) is 9.47 Å². The number of esters is 1. The van der Waals surface area contributed by atoms with Crippen LogP contribution in [-0.2, 0) is 15.9 Å². The Morgan fingerprint density at radius 1 is 1.15 bits per heavy atom. The molecule has 0 N–H and O–H groups in total. The number of Topliss-reactive ketones (excluding diaryl/α,β-unsaturated/α-hetero) is 1. The number of carbonyl (C=O) groups excluding carboxylic acids is 3. The van der Waals surface area contributed by atoms with Gasteiger partial charge in [0.1, 0.15) is 5.60 Å². The molecule has 2 heterocycles. The summed E-state index contributed by atoms with van der Waals surface area (Å²) < 4.78 is 12.3. The zero-order chi connectivity index (χ0) is 19.8. The Labute approximate surface area is 159 Å². The molecule has 2 aliphatic rings. The first-order valence-corrected chi connectivity index (χ1v) is 9.54. The lowest BCUT2D eigenvalue weighted by Gasteiger charge is -2.34. The standard InChI is InChI=1S/C20H28N2O5/c1-20(2,3)27-19(25)21-10-8-13(9-11-21)22-12-15(18(24)26-4)14-6-5-7-16(23)17(14)22/h12-13H,5-11H2,1-4H3. The van der Waals surface area contributed by atoms with Crippen molar-refractivity contribution < 1.29 is 23.9 Å². The van der Waals surface area contributed by atoms with E-state index in [9.17, 15) is 14.4 Å². The van der Waals surface area contributed by atoms with E-state index < -0.39 is 11.6 Å². The van der Waals surface area contributed by atoms with Gasteiger partial charge in [0.05, 0.1) is 18.4 Å². The Bertz CT molecular complexity index is 751. The topological polar surface area (TPSA) is 77.8 Å². The van der Waals surface area contributed by atoms with Crippen LogP contribution in [0.1, 0.15) is 78.9 Å². The van der Waals surface area contributed by atoms with Crippen molar-refractivity contribution in [1.82, 2.24) is 9.47 Å². The van der Waals surface area contributed by atoms with Gasteiger partial charge in [0.25, 0.3) is 0 Å². The molecule has 0 spiro atoms. The fourth-order valence-corrected chi connectivity index (χ4v) is 3.90. The zero-order valence-corrected chi connectivity index (χ0v) is 16.5. The number of likely N-dealkylation sites (tertiary alicyclic amines) is 1. The Morgan fingerprint density at radius 2 is 1.81 bits per heavy atom. The molecule has 1 aliphatic heterocycles. The second-order valence-corrected chi connectivity index (χ2v) is 8.24. The van der Waals surface area contributed by atoms with E-state index in [1.54, 1.807) is 11.1 Å². The van der Waals surface area contributed by atoms with Gasteiger partial charge >= 0.3 is 12.1 Å². The van der Waals surface area contributed by atoms with Crippen LogP contribution in [0.3, 0.4) is 0 Å². The predicted molar refractivity (Wildman–Crippen MR) is 99.1 cm³/mol. The Hall–Kier alpha value is -2.31. The monoisotopic (exact) mass is 376 g/mol. The van der Waals surface area contributed by atoms with Crippen molar-refractivity contribution >= 4 is 17.8 Å². The number of amides is 1. The van der Waals surface area contributed by atoms with Crippen LogP contribution in [0.2, 0.25) is 0 Å². The summed E-state index contributed by atoms with van der Waals surface area (Å²) >= 11 is 0. The van der Waals surface area contributed by atoms with Crippen molar-refractivity contribution in [2.45, 2.75) is 64.5 Å². The molecule has 1 amide bonds. The minimum Gasteiger partial charge on any atom is -0.465 e. The number of piperidine rings is 1. The molecule has 7 nitrogen and oxygen atoms in total. The number of aromatic nitrogens is 1. The predicted octanol–water partition coefficient (Wildman–Crippen LogP) is 3.37. The van der Waals surface area contributed by atoms with Crippen molar-refractivity contribution in [2.24, 2.45) is 0 Å². The fourth-order valence-electron chi connectivity index (χ4n) is 3.90.